The van der Waals surface area contributed by atoms with E-state index in [1.54, 1.807) is 6.20 Å². The molecule has 0 aliphatic carbocycles. The lowest BCUT2D eigenvalue weighted by Gasteiger charge is -2.32. The van der Waals surface area contributed by atoms with Gasteiger partial charge in [-0.2, -0.15) is 0 Å². The Morgan fingerprint density at radius 1 is 1.16 bits per heavy atom. The molecule has 200 valence electrons. The molecule has 4 heterocycles. The summed E-state index contributed by atoms with van der Waals surface area (Å²) in [6.45, 7) is 5.74. The Kier molecular flexibility index (Phi) is 4.94. The molecule has 8 heteroatoms. The van der Waals surface area contributed by atoms with Crippen molar-refractivity contribution < 1.29 is 22.3 Å². The number of nitrogens with two attached hydrogens (primary N) is 1. The molecule has 1 unspecified atom stereocenters. The number of hydrogen-bond donors (Lipinski definition) is 1. The molecular formula is C30H39BN4O3. The van der Waals surface area contributed by atoms with Crippen LogP contribution in [-0.4, -0.2) is 51.8 Å². The van der Waals surface area contributed by atoms with Crippen LogP contribution >= 0.6 is 0 Å². The zero-order valence-electron chi connectivity index (χ0n) is 28.9. The number of rotatable bonds is 5. The van der Waals surface area contributed by atoms with Gasteiger partial charge in [-0.3, -0.25) is 9.69 Å². The quantitative estimate of drug-likeness (QED) is 0.503. The van der Waals surface area contributed by atoms with Crippen LogP contribution in [0.4, 0.5) is 0 Å². The van der Waals surface area contributed by atoms with E-state index in [-0.39, 0.29) is 17.2 Å². The van der Waals surface area contributed by atoms with Gasteiger partial charge in [0.25, 0.3) is 0 Å². The number of pyridine rings is 1. The van der Waals surface area contributed by atoms with E-state index in [0.29, 0.717) is 25.1 Å². The molecule has 2 aliphatic heterocycles. The van der Waals surface area contributed by atoms with E-state index < -0.39 is 43.5 Å². The summed E-state index contributed by atoms with van der Waals surface area (Å²) in [7, 11) is 1.46. The number of aryl methyl sites for hydroxylation is 1. The van der Waals surface area contributed by atoms with Crippen molar-refractivity contribution in [3.8, 4) is 0 Å². The van der Waals surface area contributed by atoms with E-state index in [1.807, 2.05) is 46.9 Å². The van der Waals surface area contributed by atoms with Crippen LogP contribution in [0, 0.1) is 13.7 Å². The minimum absolute atomic E-state index is 0.0181. The van der Waals surface area contributed by atoms with Crippen LogP contribution in [0.3, 0.4) is 0 Å². The van der Waals surface area contributed by atoms with Crippen molar-refractivity contribution in [2.24, 2.45) is 12.8 Å². The number of amides is 1. The highest BCUT2D eigenvalue weighted by Crippen LogP contribution is 2.38. The number of fused-ring (bicyclic) bond motifs is 1. The van der Waals surface area contributed by atoms with Gasteiger partial charge in [-0.05, 0) is 101 Å². The lowest BCUT2D eigenvalue weighted by Crippen LogP contribution is -2.41. The van der Waals surface area contributed by atoms with Crippen molar-refractivity contribution >= 4 is 35.1 Å². The van der Waals surface area contributed by atoms with Crippen LogP contribution < -0.4 is 11.2 Å². The average molecular weight is 521 g/mol. The highest BCUT2D eigenvalue weighted by Gasteiger charge is 2.52. The van der Waals surface area contributed by atoms with E-state index in [2.05, 4.69) is 27.4 Å². The minimum atomic E-state index is -2.83. The lowest BCUT2D eigenvalue weighted by atomic mass is 9.78. The molecule has 3 aromatic rings. The molecule has 38 heavy (non-hydrogen) atoms. The molecule has 2 aliphatic rings. The van der Waals surface area contributed by atoms with Crippen LogP contribution in [-0.2, 0) is 16.4 Å². The van der Waals surface area contributed by atoms with Crippen LogP contribution in [0.1, 0.15) is 88.0 Å². The number of carbonyl (C=O) groups excluding carboxylic acids is 1. The predicted octanol–water partition coefficient (Wildman–Crippen LogP) is 4.44. The summed E-state index contributed by atoms with van der Waals surface area (Å²) in [4.78, 5) is 19.0. The van der Waals surface area contributed by atoms with Gasteiger partial charge in [0, 0.05) is 57.2 Å². The van der Waals surface area contributed by atoms with E-state index >= 15 is 0 Å². The van der Waals surface area contributed by atoms with Gasteiger partial charge in [0.15, 0.2) is 0 Å². The predicted molar refractivity (Wildman–Crippen MR) is 153 cm³/mol. The normalized spacial score (nSPS) is 23.1. The zero-order chi connectivity index (χ0) is 32.6. The first-order valence-electron chi connectivity index (χ1n) is 16.0. The molecule has 2 aromatic heterocycles. The Bertz CT molecular complexity index is 1640. The monoisotopic (exact) mass is 520 g/mol. The van der Waals surface area contributed by atoms with Crippen molar-refractivity contribution in [3.63, 3.8) is 0 Å². The molecule has 2 N–H and O–H groups in total. The standard InChI is InChI=1S/C30H39BN4O3/c1-18-19(2)23(27(32)36)10-9-22(18)21-12-15-35(16-13-21)20(3)26-17-24-25(11-14-33-28(24)34(26)8)31-37-29(4,5)30(6,7)38-31/h9-12,14,17,20H,13,15-16H2,1-8H3,(H2,32,36)/i1D3,2D3. The number of carbonyl (C=O) groups is 1. The highest BCUT2D eigenvalue weighted by atomic mass is 16.7. The SMILES string of the molecule is [2H]C([2H])([2H])c1c(C(N)=O)ccc(C2=CCN(C(C)c3cc4c(B5OC(C)(C)C(C)(C)O5)ccnc4n3C)CC2)c1C([2H])([2H])[2H]. The fourth-order valence-corrected chi connectivity index (χ4v) is 5.38. The first-order chi connectivity index (χ1) is 20.2. The largest absolute Gasteiger partial charge is 0.495 e. The van der Waals surface area contributed by atoms with Crippen LogP contribution in [0.5, 0.6) is 0 Å². The molecule has 0 radical (unpaired) electrons. The van der Waals surface area contributed by atoms with Gasteiger partial charge < -0.3 is 19.6 Å². The number of primary amides is 1. The Morgan fingerprint density at radius 2 is 1.87 bits per heavy atom. The smallest absolute Gasteiger partial charge is 0.399 e. The maximum absolute atomic E-state index is 12.1. The van der Waals surface area contributed by atoms with Crippen LogP contribution in [0.2, 0.25) is 0 Å². The van der Waals surface area contributed by atoms with Crippen molar-refractivity contribution in [3.05, 3.63) is 64.5 Å². The third-order valence-electron chi connectivity index (χ3n) is 8.54. The molecule has 1 atom stereocenters. The number of aromatic nitrogens is 2. The summed E-state index contributed by atoms with van der Waals surface area (Å²) < 4.78 is 63.4. The molecule has 1 aromatic carbocycles. The van der Waals surface area contributed by atoms with Gasteiger partial charge in [0.05, 0.1) is 11.2 Å². The summed E-state index contributed by atoms with van der Waals surface area (Å²) in [5.74, 6) is -0.975. The van der Waals surface area contributed by atoms with E-state index in [4.69, 9.17) is 23.3 Å². The minimum Gasteiger partial charge on any atom is -0.399 e. The molecule has 1 amide bonds. The topological polar surface area (TPSA) is 82.6 Å². The van der Waals surface area contributed by atoms with E-state index in [0.717, 1.165) is 27.8 Å². The number of benzene rings is 1. The molecule has 5 rings (SSSR count). The first-order valence-corrected chi connectivity index (χ1v) is 13.0. The van der Waals surface area contributed by atoms with Crippen molar-refractivity contribution in [2.45, 2.75) is 72.0 Å². The average Bonchev–Trinajstić information content (AvgIpc) is 3.37. The molecule has 0 saturated carbocycles. The Morgan fingerprint density at radius 3 is 2.47 bits per heavy atom. The summed E-state index contributed by atoms with van der Waals surface area (Å²) >= 11 is 0. The van der Waals surface area contributed by atoms with Gasteiger partial charge in [0.2, 0.25) is 5.91 Å². The summed E-state index contributed by atoms with van der Waals surface area (Å²) in [5, 5.41) is 0.956. The lowest BCUT2D eigenvalue weighted by molar-refractivity contribution is 0.00578. The third-order valence-corrected chi connectivity index (χ3v) is 8.54. The Labute approximate surface area is 234 Å². The van der Waals surface area contributed by atoms with E-state index in [1.165, 1.54) is 12.1 Å². The van der Waals surface area contributed by atoms with Crippen LogP contribution in [0.15, 0.2) is 36.5 Å². The molecule has 0 spiro atoms. The fourth-order valence-electron chi connectivity index (χ4n) is 5.38. The van der Waals surface area contributed by atoms with Gasteiger partial charge in [-0.25, -0.2) is 4.98 Å². The summed E-state index contributed by atoms with van der Waals surface area (Å²) in [6.07, 6.45) is 4.20. The Balaban J connectivity index is 1.47. The second kappa shape index (κ2) is 9.36. The highest BCUT2D eigenvalue weighted by molar-refractivity contribution is 6.65. The third kappa shape index (κ3) is 4.29. The maximum atomic E-state index is 12.1. The van der Waals surface area contributed by atoms with Crippen molar-refractivity contribution in [1.29, 1.82) is 0 Å². The first kappa shape index (κ1) is 20.0. The Hall–Kier alpha value is -2.94. The molecule has 1 fully saturated rings. The fraction of sp³-hybridized carbons (Fsp3) is 0.467. The summed E-state index contributed by atoms with van der Waals surface area (Å²) in [5.41, 5.74) is 7.21. The van der Waals surface area contributed by atoms with Crippen molar-refractivity contribution in [2.75, 3.05) is 13.1 Å². The van der Waals surface area contributed by atoms with Crippen LogP contribution in [0.25, 0.3) is 16.6 Å². The maximum Gasteiger partial charge on any atom is 0.495 e. The molecule has 1 saturated heterocycles. The second-order valence-corrected chi connectivity index (χ2v) is 11.3. The zero-order valence-corrected chi connectivity index (χ0v) is 22.9. The van der Waals surface area contributed by atoms with Gasteiger partial charge in [0.1, 0.15) is 5.65 Å². The number of hydrogen-bond acceptors (Lipinski definition) is 5. The molecule has 0 bridgehead atoms. The van der Waals surface area contributed by atoms with Gasteiger partial charge in [-0.15, -0.1) is 0 Å². The number of nitrogens with zero attached hydrogens (tertiary/aromatic N) is 3. The molecular weight excluding hydrogens is 475 g/mol. The van der Waals surface area contributed by atoms with Crippen molar-refractivity contribution in [1.82, 2.24) is 14.5 Å². The summed E-state index contributed by atoms with van der Waals surface area (Å²) in [6, 6.07) is 6.88. The van der Waals surface area contributed by atoms with E-state index in [9.17, 15) is 4.79 Å². The van der Waals surface area contributed by atoms with Gasteiger partial charge in [-0.1, -0.05) is 12.1 Å². The second-order valence-electron chi connectivity index (χ2n) is 11.3. The molecule has 7 nitrogen and oxygen atoms in total. The van der Waals surface area contributed by atoms with Gasteiger partial charge >= 0.3 is 7.12 Å².